The van der Waals surface area contributed by atoms with Gasteiger partial charge < -0.3 is 14.7 Å². The maximum Gasteiger partial charge on any atom is 0.228 e. The Morgan fingerprint density at radius 1 is 0.267 bits per heavy atom. The van der Waals surface area contributed by atoms with E-state index in [9.17, 15) is 28.8 Å². The van der Waals surface area contributed by atoms with Crippen LogP contribution in [0.4, 0.5) is 0 Å². The van der Waals surface area contributed by atoms with Crippen molar-refractivity contribution in [2.75, 3.05) is 21.1 Å². The van der Waals surface area contributed by atoms with Gasteiger partial charge in [0.25, 0.3) is 0 Å². The summed E-state index contributed by atoms with van der Waals surface area (Å²) in [6, 6.07) is 0. The molecule has 0 N–H and O–H groups in total. The monoisotopic (exact) mass is 1070 g/mol. The Morgan fingerprint density at radius 2 is 0.520 bits per heavy atom. The second-order valence-corrected chi connectivity index (χ2v) is 35.1. The first kappa shape index (κ1) is 83.7. The molecule has 9 heteroatoms. The zero-order chi connectivity index (χ0) is 62.6. The van der Waals surface area contributed by atoms with E-state index in [1.165, 1.54) is 0 Å². The van der Waals surface area contributed by atoms with Crippen molar-refractivity contribution in [1.82, 2.24) is 14.7 Å². The zero-order valence-corrected chi connectivity index (χ0v) is 58.2. The van der Waals surface area contributed by atoms with E-state index in [0.29, 0.717) is 55.9 Å². The minimum Gasteiger partial charge on any atom is -0.341 e. The van der Waals surface area contributed by atoms with Gasteiger partial charge >= 0.3 is 0 Å². The van der Waals surface area contributed by atoms with Crippen LogP contribution in [0.15, 0.2) is 0 Å². The van der Waals surface area contributed by atoms with Gasteiger partial charge in [0.15, 0.2) is 0 Å². The molecule has 0 bridgehead atoms. The van der Waals surface area contributed by atoms with Crippen LogP contribution < -0.4 is 0 Å². The molecule has 0 atom stereocenters. The van der Waals surface area contributed by atoms with E-state index in [4.69, 9.17) is 0 Å². The molecule has 0 saturated carbocycles. The minimum atomic E-state index is -0.276. The second-order valence-electron chi connectivity index (χ2n) is 35.1. The summed E-state index contributed by atoms with van der Waals surface area (Å²) in [6.07, 6.45) is 6.74. The molecule has 9 nitrogen and oxygen atoms in total. The maximum atomic E-state index is 11.8. The average molecular weight is 1070 g/mol. The van der Waals surface area contributed by atoms with Crippen LogP contribution in [0.3, 0.4) is 0 Å². The van der Waals surface area contributed by atoms with Crippen LogP contribution in [0.5, 0.6) is 0 Å². The van der Waals surface area contributed by atoms with Crippen LogP contribution in [0.25, 0.3) is 0 Å². The summed E-state index contributed by atoms with van der Waals surface area (Å²) < 4.78 is 0. The van der Waals surface area contributed by atoms with Crippen molar-refractivity contribution in [3.05, 3.63) is 0 Å². The summed E-state index contributed by atoms with van der Waals surface area (Å²) in [5.74, 6) is 1.80. The van der Waals surface area contributed by atoms with Gasteiger partial charge in [-0.05, 0) is 113 Å². The SMILES string of the molecule is CC(C)(C)CC(=O)C(C)(C)C.CC(C)(C)CC(=O)CC(C)(C)C.CC(C)(C)CCC(=O)CC(C)(C)C.CN(C(=O)C(C)(C)C)C(C)(C)C.CN(C(=O)CC(C)(C)C)C(C)(C)C.CN(C(=O)CCC(C)(C)C)C(C)(C)C. The summed E-state index contributed by atoms with van der Waals surface area (Å²) in [4.78, 5) is 75.1. The zero-order valence-electron chi connectivity index (χ0n) is 58.2. The molecule has 0 spiro atoms. The fourth-order valence-electron chi connectivity index (χ4n) is 5.96. The molecule has 0 radical (unpaired) electrons. The van der Waals surface area contributed by atoms with E-state index >= 15 is 0 Å². The summed E-state index contributed by atoms with van der Waals surface area (Å²) in [5, 5.41) is 0. The molecule has 0 rings (SSSR count). The van der Waals surface area contributed by atoms with Gasteiger partial charge in [-0.2, -0.15) is 0 Å². The molecular weight excluding hydrogens is 931 g/mol. The number of amides is 3. The first-order valence-corrected chi connectivity index (χ1v) is 28.4. The molecule has 0 aromatic heterocycles. The molecular formula is C66H135N3O6. The van der Waals surface area contributed by atoms with Crippen molar-refractivity contribution >= 4 is 35.1 Å². The average Bonchev–Trinajstić information content (AvgIpc) is 3.06. The lowest BCUT2D eigenvalue weighted by atomic mass is 9.80. The Balaban J connectivity index is -0.000000191. The fourth-order valence-corrected chi connectivity index (χ4v) is 5.96. The third kappa shape index (κ3) is 58.9. The third-order valence-electron chi connectivity index (χ3n) is 11.3. The van der Waals surface area contributed by atoms with E-state index < -0.39 is 0 Å². The highest BCUT2D eigenvalue weighted by molar-refractivity contribution is 5.84. The van der Waals surface area contributed by atoms with E-state index in [1.807, 2.05) is 114 Å². The third-order valence-corrected chi connectivity index (χ3v) is 11.3. The number of hydrogen-bond acceptors (Lipinski definition) is 6. The maximum absolute atomic E-state index is 11.8. The van der Waals surface area contributed by atoms with Gasteiger partial charge in [0, 0.05) is 93.5 Å². The standard InChI is InChI=1S/C12H25NO.C12H24O.C11H23NO.C11H22O.C10H21NO.C10H20O/c1-11(2,3)9-8-10(14)13(7)12(4,5)6;1-11(2,3)8-7-10(13)9-12(4,5)6;1-10(2,3)8-9(13)12(7)11(4,5)6;1-10(2,3)7-9(12)8-11(4,5)6;1-9(2,3)8(12)11(7)10(4,5)6;1-9(2,3)7-8(11)10(4,5)6/h8-9H2,1-7H3;7-9H2,1-6H3;8H2,1-7H3;7-8H2,1-6H3;1-7H3;7H2,1-6H3. The molecule has 0 saturated heterocycles. The predicted molar refractivity (Wildman–Crippen MR) is 329 cm³/mol. The number of hydrogen-bond donors (Lipinski definition) is 0. The van der Waals surface area contributed by atoms with Crippen LogP contribution in [-0.4, -0.2) is 87.5 Å². The number of carbonyl (C=O) groups excluding carboxylic acids is 6. The summed E-state index contributed by atoms with van der Waals surface area (Å²) in [7, 11) is 5.60. The van der Waals surface area contributed by atoms with Gasteiger partial charge in [-0.1, -0.05) is 187 Å². The molecule has 75 heavy (non-hydrogen) atoms. The lowest BCUT2D eigenvalue weighted by Gasteiger charge is -2.36. The minimum absolute atomic E-state index is 0.0605. The number of rotatable bonds is 9. The molecule has 0 aromatic carbocycles. The van der Waals surface area contributed by atoms with E-state index in [1.54, 1.807) is 4.90 Å². The highest BCUT2D eigenvalue weighted by Crippen LogP contribution is 2.29. The fraction of sp³-hybridized carbons (Fsp3) is 0.909. The molecule has 0 unspecified atom stereocenters. The highest BCUT2D eigenvalue weighted by Gasteiger charge is 2.31. The topological polar surface area (TPSA) is 112 Å². The largest absolute Gasteiger partial charge is 0.341 e. The van der Waals surface area contributed by atoms with Crippen molar-refractivity contribution in [2.45, 2.75) is 324 Å². The first-order valence-electron chi connectivity index (χ1n) is 28.4. The van der Waals surface area contributed by atoms with Gasteiger partial charge in [-0.15, -0.1) is 0 Å². The van der Waals surface area contributed by atoms with Gasteiger partial charge in [0.2, 0.25) is 17.7 Å². The quantitative estimate of drug-likeness (QED) is 0.227. The van der Waals surface area contributed by atoms with Crippen LogP contribution in [-0.2, 0) is 28.8 Å². The van der Waals surface area contributed by atoms with Crippen molar-refractivity contribution in [2.24, 2.45) is 48.7 Å². The van der Waals surface area contributed by atoms with Crippen LogP contribution in [0, 0.1) is 48.7 Å². The molecule has 0 aliphatic rings. The Hall–Kier alpha value is -2.58. The second kappa shape index (κ2) is 31.9. The van der Waals surface area contributed by atoms with E-state index in [0.717, 1.165) is 19.3 Å². The Bertz CT molecular complexity index is 1650. The van der Waals surface area contributed by atoms with Gasteiger partial charge in [0.05, 0.1) is 0 Å². The summed E-state index contributed by atoms with van der Waals surface area (Å²) in [6.45, 7) is 74.7. The normalized spacial score (nSPS) is 13.0. The lowest BCUT2D eigenvalue weighted by Crippen LogP contribution is -2.47. The van der Waals surface area contributed by atoms with Crippen molar-refractivity contribution in [3.8, 4) is 0 Å². The molecule has 0 aromatic rings. The van der Waals surface area contributed by atoms with Gasteiger partial charge in [-0.3, -0.25) is 28.8 Å². The smallest absolute Gasteiger partial charge is 0.228 e. The molecule has 450 valence electrons. The Kier molecular flexibility index (Phi) is 35.6. The molecule has 3 amide bonds. The van der Waals surface area contributed by atoms with Crippen LogP contribution in [0.1, 0.15) is 307 Å². The number of carbonyl (C=O) groups is 6. The van der Waals surface area contributed by atoms with Crippen LogP contribution >= 0.6 is 0 Å². The molecule has 0 aliphatic heterocycles. The molecule has 0 heterocycles. The number of ketones is 3. The number of Topliss-reactive ketones (excluding diaryl/α,β-unsaturated/α-hetero) is 3. The Morgan fingerprint density at radius 3 is 0.720 bits per heavy atom. The van der Waals surface area contributed by atoms with Crippen molar-refractivity contribution < 1.29 is 28.8 Å². The lowest BCUT2D eigenvalue weighted by molar-refractivity contribution is -0.142. The molecule has 0 aliphatic carbocycles. The van der Waals surface area contributed by atoms with Gasteiger partial charge in [-0.25, -0.2) is 0 Å². The molecule has 0 fully saturated rings. The van der Waals surface area contributed by atoms with E-state index in [2.05, 4.69) is 166 Å². The summed E-state index contributed by atoms with van der Waals surface area (Å²) in [5.41, 5.74) is 0.513. The van der Waals surface area contributed by atoms with Crippen molar-refractivity contribution in [1.29, 1.82) is 0 Å². The Labute approximate surface area is 470 Å². The summed E-state index contributed by atoms with van der Waals surface area (Å²) >= 11 is 0. The predicted octanol–water partition coefficient (Wildman–Crippen LogP) is 18.3. The highest BCUT2D eigenvalue weighted by atomic mass is 16.2. The van der Waals surface area contributed by atoms with Gasteiger partial charge in [0.1, 0.15) is 17.3 Å². The van der Waals surface area contributed by atoms with Crippen LogP contribution in [0.2, 0.25) is 0 Å². The van der Waals surface area contributed by atoms with E-state index in [-0.39, 0.29) is 83.1 Å². The number of nitrogens with zero attached hydrogens (tertiary/aromatic N) is 3. The first-order chi connectivity index (χ1) is 32.0. The van der Waals surface area contributed by atoms with Crippen molar-refractivity contribution in [3.63, 3.8) is 0 Å².